The lowest BCUT2D eigenvalue weighted by Crippen LogP contribution is -2.37. The molecule has 10 heteroatoms. The fourth-order valence-electron chi connectivity index (χ4n) is 3.98. The largest absolute Gasteiger partial charge is 0.494 e. The molecule has 3 heterocycles. The number of methoxy groups -OCH3 is 1. The predicted molar refractivity (Wildman–Crippen MR) is 115 cm³/mol. The highest BCUT2D eigenvalue weighted by Crippen LogP contribution is 2.40. The van der Waals surface area contributed by atoms with Crippen molar-refractivity contribution < 1.29 is 14.6 Å². The van der Waals surface area contributed by atoms with Crippen LogP contribution in [0, 0.1) is 0 Å². The van der Waals surface area contributed by atoms with E-state index < -0.39 is 5.97 Å². The highest BCUT2D eigenvalue weighted by Gasteiger charge is 2.25. The van der Waals surface area contributed by atoms with Crippen molar-refractivity contribution in [1.29, 1.82) is 0 Å². The molecule has 0 amide bonds. The van der Waals surface area contributed by atoms with Crippen LogP contribution >= 0.6 is 11.3 Å². The number of hydrogen-bond acceptors (Lipinski definition) is 8. The fourth-order valence-corrected chi connectivity index (χ4v) is 5.24. The molecule has 1 aliphatic rings. The number of benzene rings is 1. The molecular weight excluding hydrogens is 404 g/mol. The smallest absolute Gasteiger partial charge is 0.317 e. The van der Waals surface area contributed by atoms with E-state index in [4.69, 9.17) is 9.84 Å². The van der Waals surface area contributed by atoms with E-state index in [9.17, 15) is 4.79 Å². The Morgan fingerprint density at radius 2 is 2.30 bits per heavy atom. The van der Waals surface area contributed by atoms with Crippen molar-refractivity contribution >= 4 is 49.9 Å². The molecule has 0 bridgehead atoms. The second-order valence-corrected chi connectivity index (χ2v) is 8.34. The van der Waals surface area contributed by atoms with Gasteiger partial charge in [0, 0.05) is 22.4 Å². The van der Waals surface area contributed by atoms with Crippen LogP contribution in [0.25, 0.3) is 21.1 Å². The number of ether oxygens (including phenoxy) is 1. The van der Waals surface area contributed by atoms with Crippen LogP contribution in [0.15, 0.2) is 24.7 Å². The van der Waals surface area contributed by atoms with Crippen LogP contribution in [0.1, 0.15) is 16.9 Å². The number of carboxylic acid groups (broad SMARTS) is 1. The molecule has 30 heavy (non-hydrogen) atoms. The van der Waals surface area contributed by atoms with E-state index in [2.05, 4.69) is 30.8 Å². The Morgan fingerprint density at radius 1 is 1.40 bits per heavy atom. The number of rotatable bonds is 6. The first-order valence-corrected chi connectivity index (χ1v) is 10.4. The van der Waals surface area contributed by atoms with Gasteiger partial charge in [0.15, 0.2) is 0 Å². The first kappa shape index (κ1) is 18.8. The van der Waals surface area contributed by atoms with Crippen molar-refractivity contribution in [2.75, 3.05) is 19.0 Å². The number of anilines is 2. The third kappa shape index (κ3) is 3.33. The fraction of sp³-hybridized carbons (Fsp3) is 0.300. The summed E-state index contributed by atoms with van der Waals surface area (Å²) in [5.74, 6) is 0.606. The number of aryl methyl sites for hydroxylation is 1. The zero-order valence-corrected chi connectivity index (χ0v) is 17.0. The topological polar surface area (TPSA) is 125 Å². The third-order valence-electron chi connectivity index (χ3n) is 5.40. The number of fused-ring (bicyclic) bond motifs is 4. The van der Waals surface area contributed by atoms with Gasteiger partial charge in [-0.2, -0.15) is 5.10 Å². The molecule has 9 nitrogen and oxygen atoms in total. The number of thiophene rings is 1. The summed E-state index contributed by atoms with van der Waals surface area (Å²) < 4.78 is 5.55. The van der Waals surface area contributed by atoms with Crippen LogP contribution in [0.2, 0.25) is 0 Å². The molecule has 1 unspecified atom stereocenters. The normalized spacial score (nSPS) is 16.0. The van der Waals surface area contributed by atoms with Crippen molar-refractivity contribution in [1.82, 2.24) is 25.5 Å². The number of nitrogens with one attached hydrogen (secondary N) is 3. The van der Waals surface area contributed by atoms with E-state index >= 15 is 0 Å². The minimum Gasteiger partial charge on any atom is -0.494 e. The number of carboxylic acids is 1. The first-order chi connectivity index (χ1) is 14.6. The van der Waals surface area contributed by atoms with Gasteiger partial charge >= 0.3 is 5.97 Å². The zero-order chi connectivity index (χ0) is 20.7. The van der Waals surface area contributed by atoms with Gasteiger partial charge in [0.1, 0.15) is 22.7 Å². The molecule has 0 fully saturated rings. The number of aromatic nitrogens is 4. The molecule has 1 aliphatic carbocycles. The number of aromatic amines is 1. The molecule has 0 saturated carbocycles. The second-order valence-electron chi connectivity index (χ2n) is 7.26. The Kier molecular flexibility index (Phi) is 4.72. The summed E-state index contributed by atoms with van der Waals surface area (Å²) in [5.41, 5.74) is 2.95. The summed E-state index contributed by atoms with van der Waals surface area (Å²) in [6, 6.07) is 4.05. The van der Waals surface area contributed by atoms with Crippen molar-refractivity contribution in [2.45, 2.75) is 25.3 Å². The average Bonchev–Trinajstić information content (AvgIpc) is 3.35. The van der Waals surface area contributed by atoms with Gasteiger partial charge in [-0.1, -0.05) is 0 Å². The number of nitrogens with zero attached hydrogens (tertiary/aromatic N) is 3. The molecule has 1 atom stereocenters. The third-order valence-corrected chi connectivity index (χ3v) is 6.56. The quantitative estimate of drug-likeness (QED) is 0.372. The van der Waals surface area contributed by atoms with E-state index in [1.54, 1.807) is 31.0 Å². The lowest BCUT2D eigenvalue weighted by molar-refractivity contribution is -0.136. The van der Waals surface area contributed by atoms with E-state index in [-0.39, 0.29) is 12.6 Å². The molecule has 0 aliphatic heterocycles. The van der Waals surface area contributed by atoms with Crippen LogP contribution in [0.5, 0.6) is 5.75 Å². The lowest BCUT2D eigenvalue weighted by atomic mass is 9.93. The van der Waals surface area contributed by atoms with E-state index in [0.717, 1.165) is 51.9 Å². The van der Waals surface area contributed by atoms with Gasteiger partial charge in [0.25, 0.3) is 0 Å². The predicted octanol–water partition coefficient (Wildman–Crippen LogP) is 2.85. The first-order valence-electron chi connectivity index (χ1n) is 9.61. The van der Waals surface area contributed by atoms with Crippen LogP contribution in [0.4, 0.5) is 11.5 Å². The molecule has 4 N–H and O–H groups in total. The molecular formula is C20H20N6O3S. The summed E-state index contributed by atoms with van der Waals surface area (Å²) in [7, 11) is 1.63. The molecule has 0 saturated heterocycles. The van der Waals surface area contributed by atoms with Gasteiger partial charge in [-0.15, -0.1) is 11.3 Å². The van der Waals surface area contributed by atoms with Gasteiger partial charge in [-0.25, -0.2) is 9.97 Å². The van der Waals surface area contributed by atoms with E-state index in [0.29, 0.717) is 5.75 Å². The maximum absolute atomic E-state index is 10.9. The van der Waals surface area contributed by atoms with Gasteiger partial charge in [0.05, 0.1) is 36.4 Å². The Hall–Kier alpha value is -3.24. The van der Waals surface area contributed by atoms with Gasteiger partial charge in [-0.3, -0.25) is 9.89 Å². The minimum atomic E-state index is -0.835. The highest BCUT2D eigenvalue weighted by atomic mass is 32.1. The summed E-state index contributed by atoms with van der Waals surface area (Å²) >= 11 is 1.65. The van der Waals surface area contributed by atoms with Crippen LogP contribution < -0.4 is 15.4 Å². The second kappa shape index (κ2) is 7.54. The molecule has 0 radical (unpaired) electrons. The number of H-pyrrole nitrogens is 1. The standard InChI is InChI=1S/C20H20N6O3S/c1-29-15-6-13-10(7-24-26-13)4-14(15)25-19-18-12-3-2-11(21-8-17(27)28)5-16(12)30-20(18)23-9-22-19/h4,6-7,9,11,21H,2-3,5,8H2,1H3,(H,24,26)(H,27,28)(H,22,23,25). The van der Waals surface area contributed by atoms with Crippen LogP contribution in [0.3, 0.4) is 0 Å². The van der Waals surface area contributed by atoms with Crippen LogP contribution in [-0.2, 0) is 17.6 Å². The summed E-state index contributed by atoms with van der Waals surface area (Å²) in [6.07, 6.45) is 5.87. The van der Waals surface area contributed by atoms with Crippen molar-refractivity contribution in [3.05, 3.63) is 35.1 Å². The molecule has 0 spiro atoms. The maximum Gasteiger partial charge on any atom is 0.317 e. The molecule has 4 aromatic rings. The van der Waals surface area contributed by atoms with Gasteiger partial charge in [-0.05, 0) is 30.9 Å². The Balaban J connectivity index is 1.50. The molecule has 5 rings (SSSR count). The SMILES string of the molecule is COc1cc2[nH]ncc2cc1Nc1ncnc2sc3c(c12)CCC(NCC(=O)O)C3. The number of carbonyl (C=O) groups is 1. The molecule has 154 valence electrons. The monoisotopic (exact) mass is 424 g/mol. The van der Waals surface area contributed by atoms with E-state index in [1.165, 1.54) is 10.4 Å². The van der Waals surface area contributed by atoms with Gasteiger partial charge in [0.2, 0.25) is 0 Å². The van der Waals surface area contributed by atoms with Gasteiger partial charge < -0.3 is 20.5 Å². The average molecular weight is 424 g/mol. The molecule has 3 aromatic heterocycles. The Bertz CT molecular complexity index is 1250. The maximum atomic E-state index is 10.9. The summed E-state index contributed by atoms with van der Waals surface area (Å²) in [5, 5.41) is 24.5. The summed E-state index contributed by atoms with van der Waals surface area (Å²) in [4.78, 5) is 22.0. The Morgan fingerprint density at radius 3 is 3.13 bits per heavy atom. The Labute approximate surface area is 175 Å². The highest BCUT2D eigenvalue weighted by molar-refractivity contribution is 7.19. The zero-order valence-electron chi connectivity index (χ0n) is 16.2. The van der Waals surface area contributed by atoms with E-state index in [1.807, 2.05) is 12.1 Å². The lowest BCUT2D eigenvalue weighted by Gasteiger charge is -2.23. The minimum absolute atomic E-state index is 0.0200. The molecule has 1 aromatic carbocycles. The summed E-state index contributed by atoms with van der Waals surface area (Å²) in [6.45, 7) is -0.0200. The number of aliphatic carboxylic acids is 1. The number of hydrogen-bond donors (Lipinski definition) is 4. The van der Waals surface area contributed by atoms with Crippen molar-refractivity contribution in [2.24, 2.45) is 0 Å². The van der Waals surface area contributed by atoms with Crippen molar-refractivity contribution in [3.8, 4) is 5.75 Å². The van der Waals surface area contributed by atoms with Crippen LogP contribution in [-0.4, -0.2) is 50.9 Å². The van der Waals surface area contributed by atoms with Crippen molar-refractivity contribution in [3.63, 3.8) is 0 Å².